The maximum Gasteiger partial charge on any atom is 0.253 e. The van der Waals surface area contributed by atoms with Crippen LogP contribution in [0.5, 0.6) is 11.5 Å². The summed E-state index contributed by atoms with van der Waals surface area (Å²) in [5, 5.41) is 10.9. The molecule has 7 atom stereocenters. The summed E-state index contributed by atoms with van der Waals surface area (Å²) >= 11 is 3.79. The van der Waals surface area contributed by atoms with E-state index >= 15 is 9.59 Å². The third kappa shape index (κ3) is 6.58. The second kappa shape index (κ2) is 15.4. The zero-order chi connectivity index (χ0) is 36.3. The van der Waals surface area contributed by atoms with Gasteiger partial charge in [0, 0.05) is 29.3 Å². The van der Waals surface area contributed by atoms with E-state index in [4.69, 9.17) is 14.2 Å². The Balaban J connectivity index is 1.45. The fourth-order valence-electron chi connectivity index (χ4n) is 8.04. The number of aliphatic hydroxyl groups excluding tert-OH is 1. The normalized spacial score (nSPS) is 25.2. The van der Waals surface area contributed by atoms with Crippen LogP contribution in [0.15, 0.2) is 104 Å². The molecule has 0 aromatic heterocycles. The van der Waals surface area contributed by atoms with Gasteiger partial charge in [-0.2, -0.15) is 0 Å². The zero-order valence-electron chi connectivity index (χ0n) is 28.9. The standard InChI is InChI=1S/C40H44BrN3O7/c1-5-21-42(27-15-19-31(20-16-27)50-7-3)37(46)33-34-38(47)44(29(25-45)23-26-11-9-8-10-12-26)36(40(34)24-32(41)35(33)51-40)39(48)43(22-6-2)28-13-17-30(49-4)18-14-28/h5-6,8-20,29,32-36,45H,1-2,7,21-25H2,3-4H3/t29-,32?,33+,34+,35+,36?,40?/m1/s1. The van der Waals surface area contributed by atoms with Gasteiger partial charge in [-0.05, 0) is 73.9 Å². The molecule has 3 unspecified atom stereocenters. The Kier molecular flexibility index (Phi) is 11.0. The van der Waals surface area contributed by atoms with Crippen LogP contribution in [0.2, 0.25) is 0 Å². The minimum atomic E-state index is -1.35. The first-order valence-electron chi connectivity index (χ1n) is 17.2. The Hall–Kier alpha value is -4.45. The Morgan fingerprint density at radius 3 is 2.12 bits per heavy atom. The van der Waals surface area contributed by atoms with Crippen molar-refractivity contribution in [2.24, 2.45) is 11.8 Å². The van der Waals surface area contributed by atoms with Crippen LogP contribution in [-0.4, -0.2) is 89.8 Å². The van der Waals surface area contributed by atoms with E-state index in [9.17, 15) is 9.90 Å². The minimum Gasteiger partial charge on any atom is -0.497 e. The minimum absolute atomic E-state index is 0.154. The molecule has 3 aliphatic heterocycles. The molecule has 0 radical (unpaired) electrons. The number of carbonyl (C=O) groups excluding carboxylic acids is 3. The molecular weight excluding hydrogens is 714 g/mol. The zero-order valence-corrected chi connectivity index (χ0v) is 30.5. The fourth-order valence-corrected chi connectivity index (χ4v) is 8.98. The molecule has 3 aromatic carbocycles. The average molecular weight is 759 g/mol. The predicted molar refractivity (Wildman–Crippen MR) is 199 cm³/mol. The molecule has 10 nitrogen and oxygen atoms in total. The monoisotopic (exact) mass is 757 g/mol. The maximum absolute atomic E-state index is 15.1. The molecule has 11 heteroatoms. The van der Waals surface area contributed by atoms with Gasteiger partial charge in [-0.15, -0.1) is 13.2 Å². The van der Waals surface area contributed by atoms with E-state index in [1.165, 1.54) is 4.90 Å². The highest BCUT2D eigenvalue weighted by Crippen LogP contribution is 2.61. The first-order chi connectivity index (χ1) is 24.7. The molecule has 2 bridgehead atoms. The van der Waals surface area contributed by atoms with E-state index in [-0.39, 0.29) is 35.6 Å². The van der Waals surface area contributed by atoms with Gasteiger partial charge in [0.2, 0.25) is 11.8 Å². The Labute approximate surface area is 307 Å². The second-order valence-corrected chi connectivity index (χ2v) is 14.2. The number of anilines is 2. The third-order valence-electron chi connectivity index (χ3n) is 10.2. The molecule has 6 rings (SSSR count). The van der Waals surface area contributed by atoms with Crippen molar-refractivity contribution in [1.29, 1.82) is 0 Å². The van der Waals surface area contributed by atoms with E-state index in [2.05, 4.69) is 29.1 Å². The van der Waals surface area contributed by atoms with Crippen LogP contribution in [0.25, 0.3) is 0 Å². The van der Waals surface area contributed by atoms with Gasteiger partial charge in [-0.1, -0.05) is 58.4 Å². The number of fused-ring (bicyclic) bond motifs is 1. The highest BCUT2D eigenvalue weighted by molar-refractivity contribution is 9.09. The molecule has 3 heterocycles. The van der Waals surface area contributed by atoms with Gasteiger partial charge in [0.05, 0.1) is 44.3 Å². The number of halogens is 1. The average Bonchev–Trinajstić information content (AvgIpc) is 3.75. The van der Waals surface area contributed by atoms with Crippen LogP contribution in [0, 0.1) is 11.8 Å². The number of benzene rings is 3. The Morgan fingerprint density at radius 1 is 0.980 bits per heavy atom. The first-order valence-corrected chi connectivity index (χ1v) is 18.1. The van der Waals surface area contributed by atoms with Crippen LogP contribution >= 0.6 is 15.9 Å². The molecule has 51 heavy (non-hydrogen) atoms. The van der Waals surface area contributed by atoms with E-state index in [1.807, 2.05) is 37.3 Å². The lowest BCUT2D eigenvalue weighted by atomic mass is 9.70. The molecule has 1 spiro atoms. The number of alkyl halides is 1. The summed E-state index contributed by atoms with van der Waals surface area (Å²) in [5.74, 6) is -1.66. The number of ether oxygens (including phenoxy) is 3. The second-order valence-electron chi connectivity index (χ2n) is 13.0. The highest BCUT2D eigenvalue weighted by atomic mass is 79.9. The van der Waals surface area contributed by atoms with Crippen molar-refractivity contribution in [3.63, 3.8) is 0 Å². The number of carbonyl (C=O) groups is 3. The number of hydrogen-bond donors (Lipinski definition) is 1. The third-order valence-corrected chi connectivity index (χ3v) is 11.0. The summed E-state index contributed by atoms with van der Waals surface area (Å²) in [6.45, 7) is 10.2. The highest BCUT2D eigenvalue weighted by Gasteiger charge is 2.77. The van der Waals surface area contributed by atoms with Gasteiger partial charge < -0.3 is 34.0 Å². The van der Waals surface area contributed by atoms with E-state index in [1.54, 1.807) is 77.6 Å². The van der Waals surface area contributed by atoms with Gasteiger partial charge >= 0.3 is 0 Å². The lowest BCUT2D eigenvalue weighted by Gasteiger charge is -2.39. The van der Waals surface area contributed by atoms with Crippen LogP contribution in [0.4, 0.5) is 11.4 Å². The van der Waals surface area contributed by atoms with Crippen molar-refractivity contribution in [3.8, 4) is 11.5 Å². The lowest BCUT2D eigenvalue weighted by molar-refractivity contribution is -0.144. The number of aliphatic hydroxyl groups is 1. The number of methoxy groups -OCH3 is 1. The van der Waals surface area contributed by atoms with Gasteiger partial charge in [0.15, 0.2) is 0 Å². The number of likely N-dealkylation sites (tertiary alicyclic amines) is 1. The van der Waals surface area contributed by atoms with Crippen molar-refractivity contribution >= 4 is 45.0 Å². The largest absolute Gasteiger partial charge is 0.497 e. The summed E-state index contributed by atoms with van der Waals surface area (Å²) in [5.41, 5.74) is 0.754. The molecule has 0 aliphatic carbocycles. The number of rotatable bonds is 15. The summed E-state index contributed by atoms with van der Waals surface area (Å²) in [7, 11) is 1.57. The molecule has 268 valence electrons. The smallest absolute Gasteiger partial charge is 0.253 e. The quantitative estimate of drug-likeness (QED) is 0.168. The predicted octanol–water partition coefficient (Wildman–Crippen LogP) is 5.18. The molecule has 3 aliphatic rings. The summed E-state index contributed by atoms with van der Waals surface area (Å²) in [6, 6.07) is 21.9. The van der Waals surface area contributed by atoms with E-state index < -0.39 is 42.2 Å². The lowest BCUT2D eigenvalue weighted by Crippen LogP contribution is -2.59. The number of nitrogens with zero attached hydrogens (tertiary/aromatic N) is 3. The molecule has 3 amide bonds. The van der Waals surface area contributed by atoms with Crippen LogP contribution in [-0.2, 0) is 25.5 Å². The van der Waals surface area contributed by atoms with E-state index in [0.717, 1.165) is 5.56 Å². The molecule has 3 saturated heterocycles. The van der Waals surface area contributed by atoms with Crippen LogP contribution in [0.1, 0.15) is 18.9 Å². The molecule has 3 aromatic rings. The van der Waals surface area contributed by atoms with Crippen LogP contribution < -0.4 is 19.3 Å². The van der Waals surface area contributed by atoms with Crippen molar-refractivity contribution < 1.29 is 33.7 Å². The summed E-state index contributed by atoms with van der Waals surface area (Å²) in [6.07, 6.45) is 3.22. The van der Waals surface area contributed by atoms with Crippen LogP contribution in [0.3, 0.4) is 0 Å². The van der Waals surface area contributed by atoms with E-state index in [0.29, 0.717) is 42.3 Å². The molecule has 3 fully saturated rings. The first kappa shape index (κ1) is 36.3. The molecule has 1 N–H and O–H groups in total. The molecular formula is C40H44BrN3O7. The van der Waals surface area contributed by atoms with Gasteiger partial charge in [-0.3, -0.25) is 14.4 Å². The van der Waals surface area contributed by atoms with Crippen molar-refractivity contribution in [3.05, 3.63) is 110 Å². The fraction of sp³-hybridized carbons (Fsp3) is 0.375. The SMILES string of the molecule is C=CCN(C(=O)C1N([C@@H](CO)Cc2ccccc2)C(=O)[C@@H]2[C@H](C(=O)N(CC=C)c3ccc(OCC)cc3)[C@H]3OC12CC3Br)c1ccc(OC)cc1. The van der Waals surface area contributed by atoms with Crippen molar-refractivity contribution in [1.82, 2.24) is 4.90 Å². The van der Waals surface area contributed by atoms with Gasteiger partial charge in [0.25, 0.3) is 5.91 Å². The topological polar surface area (TPSA) is 109 Å². The molecule has 0 saturated carbocycles. The number of amides is 3. The maximum atomic E-state index is 15.1. The Bertz CT molecular complexity index is 1740. The van der Waals surface area contributed by atoms with Crippen molar-refractivity contribution in [2.75, 3.05) is 43.2 Å². The van der Waals surface area contributed by atoms with Gasteiger partial charge in [-0.25, -0.2) is 0 Å². The van der Waals surface area contributed by atoms with Crippen molar-refractivity contribution in [2.45, 2.75) is 48.4 Å². The van der Waals surface area contributed by atoms with Gasteiger partial charge in [0.1, 0.15) is 23.1 Å². The summed E-state index contributed by atoms with van der Waals surface area (Å²) in [4.78, 5) is 49.3. The summed E-state index contributed by atoms with van der Waals surface area (Å²) < 4.78 is 17.8. The number of hydrogen-bond acceptors (Lipinski definition) is 7. The Morgan fingerprint density at radius 2 is 1.57 bits per heavy atom.